The van der Waals surface area contributed by atoms with Crippen molar-refractivity contribution < 1.29 is 4.79 Å². The Morgan fingerprint density at radius 2 is 1.65 bits per heavy atom. The number of nitrogens with zero attached hydrogens (tertiary/aromatic N) is 1. The molecule has 1 aliphatic heterocycles. The van der Waals surface area contributed by atoms with Gasteiger partial charge in [0.25, 0.3) is 5.91 Å². The molecule has 1 saturated carbocycles. The molecule has 0 unspecified atom stereocenters. The number of aliphatic imine (C=N–C) groups is 1. The number of amides is 1. The molecule has 1 aliphatic carbocycles. The van der Waals surface area contributed by atoms with Gasteiger partial charge in [-0.05, 0) is 43.2 Å². The van der Waals surface area contributed by atoms with Crippen molar-refractivity contribution in [2.75, 3.05) is 0 Å². The molecule has 5 heteroatoms. The number of hydrogen-bond acceptors (Lipinski definition) is 3. The fraction of sp³-hybridized carbons (Fsp3) is 0.231. The maximum absolute atomic E-state index is 12.9. The van der Waals surface area contributed by atoms with Crippen LogP contribution in [0.1, 0.15) is 53.6 Å². The highest BCUT2D eigenvalue weighted by Crippen LogP contribution is 2.42. The van der Waals surface area contributed by atoms with E-state index < -0.39 is 0 Å². The van der Waals surface area contributed by atoms with E-state index in [0.29, 0.717) is 10.6 Å². The standard InChI is InChI=1S/C26H23ClN2OS/c27-21-12-6-4-10-19(21)25-20-11-5-7-13-23(20)31-24-15-14-17(16-22(24)29-25)26(30)28-18-8-2-1-3-9-18/h4-7,10-16,18H,1-3,8-9H2,(H,28,30). The molecule has 2 aliphatic rings. The monoisotopic (exact) mass is 446 g/mol. The molecule has 0 spiro atoms. The topological polar surface area (TPSA) is 41.5 Å². The third kappa shape index (κ3) is 4.28. The van der Waals surface area contributed by atoms with E-state index in [1.807, 2.05) is 54.6 Å². The summed E-state index contributed by atoms with van der Waals surface area (Å²) in [5.41, 5.74) is 4.22. The normalized spacial score (nSPS) is 16.0. The van der Waals surface area contributed by atoms with E-state index in [1.54, 1.807) is 11.8 Å². The minimum absolute atomic E-state index is 0.0176. The molecule has 1 amide bonds. The maximum atomic E-state index is 12.9. The lowest BCUT2D eigenvalue weighted by molar-refractivity contribution is 0.0927. The van der Waals surface area contributed by atoms with E-state index in [4.69, 9.17) is 16.6 Å². The van der Waals surface area contributed by atoms with Gasteiger partial charge in [0, 0.05) is 37.5 Å². The van der Waals surface area contributed by atoms with E-state index >= 15 is 0 Å². The van der Waals surface area contributed by atoms with Crippen molar-refractivity contribution in [1.29, 1.82) is 0 Å². The smallest absolute Gasteiger partial charge is 0.251 e. The Morgan fingerprint density at radius 3 is 2.45 bits per heavy atom. The van der Waals surface area contributed by atoms with Crippen molar-refractivity contribution in [3.05, 3.63) is 88.4 Å². The van der Waals surface area contributed by atoms with E-state index in [-0.39, 0.29) is 11.9 Å². The Kier molecular flexibility index (Phi) is 5.84. The second-order valence-electron chi connectivity index (χ2n) is 8.03. The third-order valence-electron chi connectivity index (χ3n) is 5.88. The summed E-state index contributed by atoms with van der Waals surface area (Å²) in [5.74, 6) is -0.0176. The molecule has 0 bridgehead atoms. The molecule has 1 fully saturated rings. The number of rotatable bonds is 3. The summed E-state index contributed by atoms with van der Waals surface area (Å²) in [7, 11) is 0. The van der Waals surface area contributed by atoms with Crippen LogP contribution in [-0.2, 0) is 0 Å². The van der Waals surface area contributed by atoms with Crippen LogP contribution in [0.15, 0.2) is 81.5 Å². The molecule has 0 saturated heterocycles. The van der Waals surface area contributed by atoms with Crippen molar-refractivity contribution in [1.82, 2.24) is 5.32 Å². The average molecular weight is 447 g/mol. The quantitative estimate of drug-likeness (QED) is 0.366. The van der Waals surface area contributed by atoms with Crippen LogP contribution in [0, 0.1) is 0 Å². The zero-order chi connectivity index (χ0) is 21.2. The summed E-state index contributed by atoms with van der Waals surface area (Å²) < 4.78 is 0. The Morgan fingerprint density at radius 1 is 0.903 bits per heavy atom. The van der Waals surface area contributed by atoms with Crippen LogP contribution in [0.5, 0.6) is 0 Å². The van der Waals surface area contributed by atoms with Gasteiger partial charge in [-0.1, -0.05) is 79.0 Å². The van der Waals surface area contributed by atoms with E-state index in [1.165, 1.54) is 19.3 Å². The third-order valence-corrected chi connectivity index (χ3v) is 7.36. The number of nitrogens with one attached hydrogen (secondary N) is 1. The van der Waals surface area contributed by atoms with Crippen LogP contribution >= 0.6 is 23.4 Å². The van der Waals surface area contributed by atoms with Crippen molar-refractivity contribution in [3.8, 4) is 0 Å². The lowest BCUT2D eigenvalue weighted by Gasteiger charge is -2.22. The zero-order valence-corrected chi connectivity index (χ0v) is 18.7. The Labute approximate surface area is 191 Å². The van der Waals surface area contributed by atoms with Crippen LogP contribution in [-0.4, -0.2) is 17.7 Å². The molecular formula is C26H23ClN2OS. The van der Waals surface area contributed by atoms with E-state index in [0.717, 1.165) is 45.2 Å². The van der Waals surface area contributed by atoms with Gasteiger partial charge in [-0.2, -0.15) is 0 Å². The fourth-order valence-corrected chi connectivity index (χ4v) is 5.49. The molecule has 0 radical (unpaired) electrons. The van der Waals surface area contributed by atoms with Gasteiger partial charge in [0.2, 0.25) is 0 Å². The molecule has 3 aromatic carbocycles. The Hall–Kier alpha value is -2.56. The highest BCUT2D eigenvalue weighted by Gasteiger charge is 2.22. The molecule has 1 heterocycles. The van der Waals surface area contributed by atoms with Gasteiger partial charge >= 0.3 is 0 Å². The fourth-order valence-electron chi connectivity index (χ4n) is 4.26. The van der Waals surface area contributed by atoms with Gasteiger partial charge in [-0.15, -0.1) is 0 Å². The van der Waals surface area contributed by atoms with Gasteiger partial charge in [0.05, 0.1) is 11.4 Å². The number of carbonyl (C=O) groups excluding carboxylic acids is 1. The Bertz CT molecular complexity index is 1170. The van der Waals surface area contributed by atoms with Gasteiger partial charge < -0.3 is 5.32 Å². The second kappa shape index (κ2) is 8.89. The van der Waals surface area contributed by atoms with Gasteiger partial charge in [0.1, 0.15) is 0 Å². The van der Waals surface area contributed by atoms with E-state index in [9.17, 15) is 4.79 Å². The predicted octanol–water partition coefficient (Wildman–Crippen LogP) is 7.04. The van der Waals surface area contributed by atoms with Crippen LogP contribution < -0.4 is 5.32 Å². The molecule has 3 nitrogen and oxygen atoms in total. The lowest BCUT2D eigenvalue weighted by Crippen LogP contribution is -2.36. The molecule has 31 heavy (non-hydrogen) atoms. The summed E-state index contributed by atoms with van der Waals surface area (Å²) in [5, 5.41) is 3.87. The van der Waals surface area contributed by atoms with Crippen molar-refractivity contribution >= 4 is 40.7 Å². The summed E-state index contributed by atoms with van der Waals surface area (Å²) in [4.78, 5) is 20.1. The van der Waals surface area contributed by atoms with Gasteiger partial charge in [-0.3, -0.25) is 4.79 Å². The molecule has 0 atom stereocenters. The molecule has 1 N–H and O–H groups in total. The number of carbonyl (C=O) groups is 1. The second-order valence-corrected chi connectivity index (χ2v) is 9.52. The summed E-state index contributed by atoms with van der Waals surface area (Å²) in [6, 6.07) is 22.1. The molecule has 156 valence electrons. The first-order valence-electron chi connectivity index (χ1n) is 10.7. The first-order valence-corrected chi connectivity index (χ1v) is 11.9. The van der Waals surface area contributed by atoms with Gasteiger partial charge in [0.15, 0.2) is 0 Å². The van der Waals surface area contributed by atoms with Crippen LogP contribution in [0.4, 0.5) is 5.69 Å². The van der Waals surface area contributed by atoms with Crippen LogP contribution in [0.25, 0.3) is 0 Å². The first kappa shape index (κ1) is 20.3. The lowest BCUT2D eigenvalue weighted by atomic mass is 9.95. The average Bonchev–Trinajstić information content (AvgIpc) is 2.96. The molecule has 0 aromatic heterocycles. The predicted molar refractivity (Wildman–Crippen MR) is 128 cm³/mol. The largest absolute Gasteiger partial charge is 0.349 e. The number of benzene rings is 3. The summed E-state index contributed by atoms with van der Waals surface area (Å²) in [6.45, 7) is 0. The number of halogens is 1. The Balaban J connectivity index is 1.56. The minimum Gasteiger partial charge on any atom is -0.349 e. The van der Waals surface area contributed by atoms with E-state index in [2.05, 4.69) is 17.4 Å². The van der Waals surface area contributed by atoms with Gasteiger partial charge in [-0.25, -0.2) is 4.99 Å². The maximum Gasteiger partial charge on any atom is 0.251 e. The highest BCUT2D eigenvalue weighted by molar-refractivity contribution is 7.99. The van der Waals surface area contributed by atoms with Crippen LogP contribution in [0.3, 0.4) is 0 Å². The summed E-state index contributed by atoms with van der Waals surface area (Å²) in [6.07, 6.45) is 5.78. The molecule has 3 aromatic rings. The first-order chi connectivity index (χ1) is 15.2. The highest BCUT2D eigenvalue weighted by atomic mass is 35.5. The molecular weight excluding hydrogens is 424 g/mol. The van der Waals surface area contributed by atoms with Crippen molar-refractivity contribution in [2.45, 2.75) is 47.9 Å². The van der Waals surface area contributed by atoms with Crippen LogP contribution in [0.2, 0.25) is 5.02 Å². The van der Waals surface area contributed by atoms with Crippen molar-refractivity contribution in [2.24, 2.45) is 4.99 Å². The minimum atomic E-state index is -0.0176. The molecule has 5 rings (SSSR count). The zero-order valence-electron chi connectivity index (χ0n) is 17.1. The van der Waals surface area contributed by atoms with Crippen molar-refractivity contribution in [3.63, 3.8) is 0 Å². The summed E-state index contributed by atoms with van der Waals surface area (Å²) >= 11 is 8.22. The SMILES string of the molecule is O=C(NC1CCCCC1)c1ccc2c(c1)N=C(c1ccccc1Cl)c1ccccc1S2. The number of fused-ring (bicyclic) bond motifs is 2. The number of hydrogen-bond donors (Lipinski definition) is 1.